The molecule has 1 fully saturated rings. The molecule has 1 N–H and O–H groups in total. The van der Waals surface area contributed by atoms with Crippen LogP contribution in [0.25, 0.3) is 0 Å². The van der Waals surface area contributed by atoms with Gasteiger partial charge in [-0.1, -0.05) is 12.5 Å². The molecule has 138 valence electrons. The van der Waals surface area contributed by atoms with Crippen LogP contribution in [0, 0.1) is 11.6 Å². The maximum absolute atomic E-state index is 13.6. The van der Waals surface area contributed by atoms with E-state index >= 15 is 0 Å². The molecular formula is C18H25F2N3O2. The first-order chi connectivity index (χ1) is 12.0. The molecule has 3 amide bonds. The predicted octanol–water partition coefficient (Wildman–Crippen LogP) is 2.90. The molecule has 0 spiro atoms. The third-order valence-corrected chi connectivity index (χ3v) is 4.32. The highest BCUT2D eigenvalue weighted by molar-refractivity contribution is 5.76. The summed E-state index contributed by atoms with van der Waals surface area (Å²) >= 11 is 0. The Kier molecular flexibility index (Phi) is 7.16. The smallest absolute Gasteiger partial charge is 0.317 e. The van der Waals surface area contributed by atoms with Gasteiger partial charge in [-0.15, -0.1) is 0 Å². The van der Waals surface area contributed by atoms with Crippen LogP contribution in [0.4, 0.5) is 13.6 Å². The first-order valence-corrected chi connectivity index (χ1v) is 8.68. The second-order valence-electron chi connectivity index (χ2n) is 6.37. The van der Waals surface area contributed by atoms with E-state index in [-0.39, 0.29) is 24.0 Å². The Morgan fingerprint density at radius 1 is 1.28 bits per heavy atom. The molecule has 0 aliphatic carbocycles. The van der Waals surface area contributed by atoms with Crippen molar-refractivity contribution in [1.29, 1.82) is 0 Å². The number of rotatable bonds is 6. The third kappa shape index (κ3) is 5.99. The highest BCUT2D eigenvalue weighted by Crippen LogP contribution is 2.12. The molecule has 0 bridgehead atoms. The number of amides is 3. The zero-order valence-electron chi connectivity index (χ0n) is 14.6. The van der Waals surface area contributed by atoms with E-state index in [0.717, 1.165) is 31.9 Å². The van der Waals surface area contributed by atoms with Crippen LogP contribution < -0.4 is 5.32 Å². The quantitative estimate of drug-likeness (QED) is 0.800. The fraction of sp³-hybridized carbons (Fsp3) is 0.556. The molecule has 1 aliphatic rings. The lowest BCUT2D eigenvalue weighted by Crippen LogP contribution is -2.39. The van der Waals surface area contributed by atoms with E-state index in [1.165, 1.54) is 17.0 Å². The largest absolute Gasteiger partial charge is 0.343 e. The van der Waals surface area contributed by atoms with E-state index in [2.05, 4.69) is 5.32 Å². The van der Waals surface area contributed by atoms with Gasteiger partial charge in [0.1, 0.15) is 11.6 Å². The van der Waals surface area contributed by atoms with E-state index in [1.54, 1.807) is 7.05 Å². The topological polar surface area (TPSA) is 52.7 Å². The van der Waals surface area contributed by atoms with Crippen LogP contribution in [0.2, 0.25) is 0 Å². The molecule has 1 aromatic carbocycles. The van der Waals surface area contributed by atoms with Crippen molar-refractivity contribution in [1.82, 2.24) is 15.1 Å². The predicted molar refractivity (Wildman–Crippen MR) is 90.9 cm³/mol. The van der Waals surface area contributed by atoms with E-state index in [9.17, 15) is 18.4 Å². The van der Waals surface area contributed by atoms with Crippen LogP contribution in [0.1, 0.15) is 37.7 Å². The van der Waals surface area contributed by atoms with Crippen LogP contribution in [0.15, 0.2) is 18.2 Å². The summed E-state index contributed by atoms with van der Waals surface area (Å²) in [6.45, 7) is 1.92. The zero-order valence-corrected chi connectivity index (χ0v) is 14.6. The Morgan fingerprint density at radius 3 is 2.84 bits per heavy atom. The molecule has 1 aliphatic heterocycles. The number of hydrogen-bond donors (Lipinski definition) is 1. The summed E-state index contributed by atoms with van der Waals surface area (Å²) < 4.78 is 26.5. The molecule has 0 aromatic heterocycles. The second kappa shape index (κ2) is 9.34. The molecule has 0 unspecified atom stereocenters. The summed E-state index contributed by atoms with van der Waals surface area (Å²) in [5.41, 5.74) is 0.259. The summed E-state index contributed by atoms with van der Waals surface area (Å²) in [4.78, 5) is 27.1. The SMILES string of the molecule is CN(Cc1ccc(F)cc1F)C(=O)NCCCN1CCCCCC1=O. The van der Waals surface area contributed by atoms with Crippen molar-refractivity contribution in [3.63, 3.8) is 0 Å². The molecule has 5 nitrogen and oxygen atoms in total. The van der Waals surface area contributed by atoms with E-state index in [4.69, 9.17) is 0 Å². The van der Waals surface area contributed by atoms with Crippen LogP contribution in [-0.4, -0.2) is 48.4 Å². The fourth-order valence-electron chi connectivity index (χ4n) is 2.85. The highest BCUT2D eigenvalue weighted by Gasteiger charge is 2.16. The number of halogens is 2. The normalized spacial score (nSPS) is 15.0. The van der Waals surface area contributed by atoms with Crippen LogP contribution in [0.3, 0.4) is 0 Å². The van der Waals surface area contributed by atoms with Gasteiger partial charge >= 0.3 is 6.03 Å². The summed E-state index contributed by atoms with van der Waals surface area (Å²) in [5.74, 6) is -1.12. The van der Waals surface area contributed by atoms with Gasteiger partial charge in [0.2, 0.25) is 5.91 Å². The van der Waals surface area contributed by atoms with Gasteiger partial charge in [0.05, 0.1) is 0 Å². The molecule has 0 saturated carbocycles. The number of carbonyl (C=O) groups is 2. The Hall–Kier alpha value is -2.18. The van der Waals surface area contributed by atoms with Gasteiger partial charge < -0.3 is 15.1 Å². The van der Waals surface area contributed by atoms with Gasteiger partial charge in [0, 0.05) is 51.3 Å². The average molecular weight is 353 g/mol. The highest BCUT2D eigenvalue weighted by atomic mass is 19.1. The molecule has 7 heteroatoms. The lowest BCUT2D eigenvalue weighted by Gasteiger charge is -2.21. The third-order valence-electron chi connectivity index (χ3n) is 4.32. The number of benzene rings is 1. The van der Waals surface area contributed by atoms with Crippen molar-refractivity contribution in [3.8, 4) is 0 Å². The van der Waals surface area contributed by atoms with Crippen molar-refractivity contribution >= 4 is 11.9 Å². The van der Waals surface area contributed by atoms with Crippen molar-refractivity contribution < 1.29 is 18.4 Å². The Balaban J connectivity index is 1.71. The van der Waals surface area contributed by atoms with Crippen LogP contribution >= 0.6 is 0 Å². The lowest BCUT2D eigenvalue weighted by molar-refractivity contribution is -0.130. The van der Waals surface area contributed by atoms with Gasteiger partial charge in [0.15, 0.2) is 0 Å². The number of urea groups is 1. The van der Waals surface area contributed by atoms with E-state index in [1.807, 2.05) is 4.90 Å². The fourth-order valence-corrected chi connectivity index (χ4v) is 2.85. The van der Waals surface area contributed by atoms with Gasteiger partial charge in [-0.05, 0) is 25.3 Å². The summed E-state index contributed by atoms with van der Waals surface area (Å²) in [6.07, 6.45) is 4.36. The van der Waals surface area contributed by atoms with Crippen molar-refractivity contribution in [3.05, 3.63) is 35.4 Å². The van der Waals surface area contributed by atoms with E-state index < -0.39 is 11.6 Å². The first-order valence-electron chi connectivity index (χ1n) is 8.68. The van der Waals surface area contributed by atoms with Crippen molar-refractivity contribution in [2.75, 3.05) is 26.7 Å². The number of nitrogens with zero attached hydrogens (tertiary/aromatic N) is 2. The van der Waals surface area contributed by atoms with Gasteiger partial charge in [-0.25, -0.2) is 13.6 Å². The molecule has 2 rings (SSSR count). The average Bonchev–Trinajstić information content (AvgIpc) is 2.78. The second-order valence-corrected chi connectivity index (χ2v) is 6.37. The van der Waals surface area contributed by atoms with E-state index in [0.29, 0.717) is 25.9 Å². The molecule has 1 saturated heterocycles. The van der Waals surface area contributed by atoms with Crippen LogP contribution in [-0.2, 0) is 11.3 Å². The lowest BCUT2D eigenvalue weighted by atomic mass is 10.2. The molecule has 1 heterocycles. The number of hydrogen-bond acceptors (Lipinski definition) is 2. The number of carbonyl (C=O) groups excluding carboxylic acids is 2. The maximum atomic E-state index is 13.6. The standard InChI is InChI=1S/C18H25F2N3O2/c1-22(13-14-7-8-15(19)12-16(14)20)18(25)21-9-5-11-23-10-4-2-3-6-17(23)24/h7-8,12H,2-6,9-11,13H2,1H3,(H,21,25). The molecule has 1 aromatic rings. The molecule has 0 atom stereocenters. The van der Waals surface area contributed by atoms with Crippen molar-refractivity contribution in [2.45, 2.75) is 38.6 Å². The minimum atomic E-state index is -0.667. The summed E-state index contributed by atoms with van der Waals surface area (Å²) in [7, 11) is 1.55. The number of nitrogens with one attached hydrogen (secondary N) is 1. The minimum absolute atomic E-state index is 0.0581. The Morgan fingerprint density at radius 2 is 2.08 bits per heavy atom. The minimum Gasteiger partial charge on any atom is -0.343 e. The van der Waals surface area contributed by atoms with Gasteiger partial charge in [-0.3, -0.25) is 4.79 Å². The van der Waals surface area contributed by atoms with Crippen LogP contribution in [0.5, 0.6) is 0 Å². The number of likely N-dealkylation sites (tertiary alicyclic amines) is 1. The molecular weight excluding hydrogens is 328 g/mol. The summed E-state index contributed by atoms with van der Waals surface area (Å²) in [5, 5.41) is 2.76. The Labute approximate surface area is 147 Å². The Bertz CT molecular complexity index is 610. The molecule has 0 radical (unpaired) electrons. The zero-order chi connectivity index (χ0) is 18.2. The maximum Gasteiger partial charge on any atom is 0.317 e. The summed E-state index contributed by atoms with van der Waals surface area (Å²) in [6, 6.07) is 2.98. The van der Waals surface area contributed by atoms with Gasteiger partial charge in [0.25, 0.3) is 0 Å². The van der Waals surface area contributed by atoms with Crippen molar-refractivity contribution in [2.24, 2.45) is 0 Å². The first kappa shape index (κ1) is 19.1. The van der Waals surface area contributed by atoms with Gasteiger partial charge in [-0.2, -0.15) is 0 Å². The monoisotopic (exact) mass is 353 g/mol. The molecule has 25 heavy (non-hydrogen) atoms.